The van der Waals surface area contributed by atoms with E-state index in [1.807, 2.05) is 6.07 Å². The van der Waals surface area contributed by atoms with Crippen molar-refractivity contribution in [2.24, 2.45) is 5.92 Å². The van der Waals surface area contributed by atoms with Gasteiger partial charge in [-0.25, -0.2) is 0 Å². The molecule has 1 aromatic carbocycles. The molecule has 110 valence electrons. The van der Waals surface area contributed by atoms with Crippen molar-refractivity contribution < 1.29 is 19.4 Å². The summed E-state index contributed by atoms with van der Waals surface area (Å²) in [6.45, 7) is -0.188. The van der Waals surface area contributed by atoms with Gasteiger partial charge in [-0.1, -0.05) is 12.1 Å². The highest BCUT2D eigenvalue weighted by Gasteiger charge is 2.30. The van der Waals surface area contributed by atoms with E-state index in [9.17, 15) is 9.59 Å². The Bertz CT molecular complexity index is 579. The summed E-state index contributed by atoms with van der Waals surface area (Å²) in [6.07, 6.45) is 1.70. The third kappa shape index (κ3) is 3.96. The molecule has 2 atom stereocenters. The van der Waals surface area contributed by atoms with Crippen LogP contribution < -0.4 is 10.1 Å². The monoisotopic (exact) mass is 288 g/mol. The molecular formula is C15H16N2O4. The lowest BCUT2D eigenvalue weighted by molar-refractivity contribution is -0.141. The van der Waals surface area contributed by atoms with Gasteiger partial charge in [0.1, 0.15) is 11.8 Å². The molecule has 6 nitrogen and oxygen atoms in total. The molecule has 2 N–H and O–H groups in total. The summed E-state index contributed by atoms with van der Waals surface area (Å²) in [5.41, 5.74) is 0.372. The lowest BCUT2D eigenvalue weighted by Crippen LogP contribution is -2.36. The second-order valence-corrected chi connectivity index (χ2v) is 5.01. The molecule has 0 spiro atoms. The van der Waals surface area contributed by atoms with Crippen LogP contribution in [0.4, 0.5) is 0 Å². The quantitative estimate of drug-likeness (QED) is 0.851. The van der Waals surface area contributed by atoms with Crippen LogP contribution in [-0.4, -0.2) is 29.6 Å². The van der Waals surface area contributed by atoms with Gasteiger partial charge in [-0.15, -0.1) is 0 Å². The SMILES string of the molecule is N#Cc1ccccc1OCC(=O)NC1CCC(C(=O)O)C1. The number of para-hydroxylation sites is 1. The van der Waals surface area contributed by atoms with Gasteiger partial charge in [0.2, 0.25) is 0 Å². The highest BCUT2D eigenvalue weighted by atomic mass is 16.5. The molecule has 21 heavy (non-hydrogen) atoms. The van der Waals surface area contributed by atoms with Crippen molar-refractivity contribution in [1.29, 1.82) is 5.26 Å². The first kappa shape index (κ1) is 14.9. The summed E-state index contributed by atoms with van der Waals surface area (Å²) in [7, 11) is 0. The minimum absolute atomic E-state index is 0.117. The summed E-state index contributed by atoms with van der Waals surface area (Å²) in [5.74, 6) is -1.13. The highest BCUT2D eigenvalue weighted by molar-refractivity contribution is 5.78. The third-order valence-corrected chi connectivity index (χ3v) is 3.51. The average molecular weight is 288 g/mol. The molecule has 1 aliphatic rings. The minimum Gasteiger partial charge on any atom is -0.482 e. The number of carbonyl (C=O) groups is 2. The van der Waals surface area contributed by atoms with Crippen molar-refractivity contribution in [3.05, 3.63) is 29.8 Å². The molecule has 0 aromatic heterocycles. The predicted octanol–water partition coefficient (Wildman–Crippen LogP) is 1.31. The number of amides is 1. The molecule has 2 rings (SSSR count). The third-order valence-electron chi connectivity index (χ3n) is 3.51. The van der Waals surface area contributed by atoms with Crippen LogP contribution in [0.2, 0.25) is 0 Å². The van der Waals surface area contributed by atoms with Crippen LogP contribution in [0.25, 0.3) is 0 Å². The number of carbonyl (C=O) groups excluding carboxylic acids is 1. The van der Waals surface area contributed by atoms with E-state index in [1.165, 1.54) is 0 Å². The van der Waals surface area contributed by atoms with Gasteiger partial charge in [-0.3, -0.25) is 9.59 Å². The van der Waals surface area contributed by atoms with Crippen molar-refractivity contribution in [1.82, 2.24) is 5.32 Å². The largest absolute Gasteiger partial charge is 0.482 e. The molecule has 1 fully saturated rings. The summed E-state index contributed by atoms with van der Waals surface area (Å²) in [5, 5.41) is 20.6. The lowest BCUT2D eigenvalue weighted by atomic mass is 10.1. The maximum absolute atomic E-state index is 11.8. The first-order valence-electron chi connectivity index (χ1n) is 6.74. The average Bonchev–Trinajstić information content (AvgIpc) is 2.94. The number of benzene rings is 1. The second kappa shape index (κ2) is 6.75. The van der Waals surface area contributed by atoms with E-state index in [0.29, 0.717) is 30.6 Å². The molecule has 6 heteroatoms. The molecule has 1 amide bonds. The lowest BCUT2D eigenvalue weighted by Gasteiger charge is -2.13. The maximum atomic E-state index is 11.8. The molecule has 1 aromatic rings. The van der Waals surface area contributed by atoms with Gasteiger partial charge >= 0.3 is 5.97 Å². The molecule has 0 aliphatic heterocycles. The fraction of sp³-hybridized carbons (Fsp3) is 0.400. The van der Waals surface area contributed by atoms with E-state index in [2.05, 4.69) is 5.32 Å². The first-order valence-corrected chi connectivity index (χ1v) is 6.74. The Balaban J connectivity index is 1.81. The van der Waals surface area contributed by atoms with E-state index in [4.69, 9.17) is 15.1 Å². The zero-order valence-electron chi connectivity index (χ0n) is 11.4. The van der Waals surface area contributed by atoms with Crippen LogP contribution in [0.1, 0.15) is 24.8 Å². The number of nitriles is 1. The molecular weight excluding hydrogens is 272 g/mol. The Hall–Kier alpha value is -2.55. The van der Waals surface area contributed by atoms with Crippen molar-refractivity contribution in [2.75, 3.05) is 6.61 Å². The number of hydrogen-bond donors (Lipinski definition) is 2. The number of hydrogen-bond acceptors (Lipinski definition) is 4. The second-order valence-electron chi connectivity index (χ2n) is 5.01. The van der Waals surface area contributed by atoms with E-state index in [0.717, 1.165) is 0 Å². The normalized spacial score (nSPS) is 20.5. The molecule has 1 saturated carbocycles. The van der Waals surface area contributed by atoms with Crippen molar-refractivity contribution in [3.8, 4) is 11.8 Å². The van der Waals surface area contributed by atoms with Gasteiger partial charge in [0.15, 0.2) is 6.61 Å². The fourth-order valence-corrected chi connectivity index (χ4v) is 2.43. The van der Waals surface area contributed by atoms with E-state index >= 15 is 0 Å². The van der Waals surface area contributed by atoms with Crippen molar-refractivity contribution >= 4 is 11.9 Å². The number of nitrogens with one attached hydrogen (secondary N) is 1. The Morgan fingerprint density at radius 2 is 2.14 bits per heavy atom. The minimum atomic E-state index is -0.814. The summed E-state index contributed by atoms with van der Waals surface area (Å²) >= 11 is 0. The van der Waals surface area contributed by atoms with Crippen molar-refractivity contribution in [3.63, 3.8) is 0 Å². The molecule has 2 unspecified atom stereocenters. The summed E-state index contributed by atoms with van der Waals surface area (Å²) in [4.78, 5) is 22.6. The molecule has 1 aliphatic carbocycles. The van der Waals surface area contributed by atoms with Gasteiger partial charge in [0.05, 0.1) is 11.5 Å². The van der Waals surface area contributed by atoms with Crippen LogP contribution in [-0.2, 0) is 9.59 Å². The Morgan fingerprint density at radius 1 is 1.38 bits per heavy atom. The number of carboxylic acids is 1. The molecule has 0 bridgehead atoms. The van der Waals surface area contributed by atoms with Crippen LogP contribution in [0.5, 0.6) is 5.75 Å². The van der Waals surface area contributed by atoms with Gasteiger partial charge in [-0.2, -0.15) is 5.26 Å². The van der Waals surface area contributed by atoms with E-state index < -0.39 is 5.97 Å². The van der Waals surface area contributed by atoms with E-state index in [1.54, 1.807) is 24.3 Å². The number of nitrogens with zero attached hydrogens (tertiary/aromatic N) is 1. The Labute approximate surface area is 122 Å². The van der Waals surface area contributed by atoms with Crippen LogP contribution in [0, 0.1) is 17.2 Å². The van der Waals surface area contributed by atoms with Gasteiger partial charge in [-0.05, 0) is 31.4 Å². The smallest absolute Gasteiger partial charge is 0.306 e. The Morgan fingerprint density at radius 3 is 2.81 bits per heavy atom. The summed E-state index contributed by atoms with van der Waals surface area (Å²) in [6, 6.07) is 8.55. The van der Waals surface area contributed by atoms with Gasteiger partial charge in [0, 0.05) is 6.04 Å². The summed E-state index contributed by atoms with van der Waals surface area (Å²) < 4.78 is 5.32. The number of aliphatic carboxylic acids is 1. The molecule has 0 heterocycles. The zero-order chi connectivity index (χ0) is 15.2. The fourth-order valence-electron chi connectivity index (χ4n) is 2.43. The zero-order valence-corrected chi connectivity index (χ0v) is 11.4. The molecule has 0 radical (unpaired) electrons. The van der Waals surface area contributed by atoms with Crippen LogP contribution >= 0.6 is 0 Å². The van der Waals surface area contributed by atoms with E-state index in [-0.39, 0.29) is 24.5 Å². The number of rotatable bonds is 5. The van der Waals surface area contributed by atoms with Gasteiger partial charge in [0.25, 0.3) is 5.91 Å². The number of ether oxygens (including phenoxy) is 1. The standard InChI is InChI=1S/C15H16N2O4/c16-8-11-3-1-2-4-13(11)21-9-14(18)17-12-6-5-10(7-12)15(19)20/h1-4,10,12H,5-7,9H2,(H,17,18)(H,19,20). The van der Waals surface area contributed by atoms with Crippen molar-refractivity contribution in [2.45, 2.75) is 25.3 Å². The highest BCUT2D eigenvalue weighted by Crippen LogP contribution is 2.25. The van der Waals surface area contributed by atoms with Crippen LogP contribution in [0.3, 0.4) is 0 Å². The number of carboxylic acid groups (broad SMARTS) is 1. The first-order chi connectivity index (χ1) is 10.1. The predicted molar refractivity (Wildman–Crippen MR) is 73.6 cm³/mol. The Kier molecular flexibility index (Phi) is 4.77. The topological polar surface area (TPSA) is 99.4 Å². The maximum Gasteiger partial charge on any atom is 0.306 e. The van der Waals surface area contributed by atoms with Gasteiger partial charge < -0.3 is 15.2 Å². The van der Waals surface area contributed by atoms with Crippen LogP contribution in [0.15, 0.2) is 24.3 Å². The molecule has 0 saturated heterocycles.